The van der Waals surface area contributed by atoms with E-state index in [1.54, 1.807) is 9.80 Å². The number of nitrogens with one attached hydrogen (secondary N) is 1. The first kappa shape index (κ1) is 24.2. The molecular formula is C24H32FN5O4. The zero-order valence-electron chi connectivity index (χ0n) is 19.7. The Morgan fingerprint density at radius 2 is 1.91 bits per heavy atom. The Bertz CT molecular complexity index is 923. The summed E-state index contributed by atoms with van der Waals surface area (Å²) in [6, 6.07) is 6.98. The van der Waals surface area contributed by atoms with Gasteiger partial charge in [-0.3, -0.25) is 10.3 Å². The second-order valence-electron chi connectivity index (χ2n) is 9.38. The quantitative estimate of drug-likeness (QED) is 0.718. The van der Waals surface area contributed by atoms with E-state index >= 15 is 0 Å². The predicted molar refractivity (Wildman–Crippen MR) is 121 cm³/mol. The lowest BCUT2D eigenvalue weighted by Crippen LogP contribution is -2.67. The highest BCUT2D eigenvalue weighted by molar-refractivity contribution is 5.73. The first-order chi connectivity index (χ1) is 16.4. The third-order valence-corrected chi connectivity index (χ3v) is 7.35. The van der Waals surface area contributed by atoms with Crippen molar-refractivity contribution in [3.8, 4) is 11.8 Å². The summed E-state index contributed by atoms with van der Waals surface area (Å²) in [6.45, 7) is 4.63. The van der Waals surface area contributed by atoms with Crippen LogP contribution in [0.4, 0.5) is 14.0 Å². The number of benzene rings is 1. The van der Waals surface area contributed by atoms with Crippen molar-refractivity contribution >= 4 is 12.2 Å². The Labute approximate surface area is 199 Å². The molecule has 184 valence electrons. The summed E-state index contributed by atoms with van der Waals surface area (Å²) in [5.41, 5.74) is 3.39. The fourth-order valence-electron chi connectivity index (χ4n) is 5.71. The Kier molecular flexibility index (Phi) is 7.54. The van der Waals surface area contributed by atoms with Gasteiger partial charge in [0, 0.05) is 32.6 Å². The van der Waals surface area contributed by atoms with Crippen molar-refractivity contribution in [2.75, 3.05) is 33.3 Å². The summed E-state index contributed by atoms with van der Waals surface area (Å²) in [7, 11) is 1.38. The molecule has 1 aliphatic carbocycles. The lowest BCUT2D eigenvalue weighted by molar-refractivity contribution is -0.0332. The fourth-order valence-corrected chi connectivity index (χ4v) is 5.71. The van der Waals surface area contributed by atoms with Gasteiger partial charge in [-0.15, -0.1) is 0 Å². The van der Waals surface area contributed by atoms with E-state index < -0.39 is 11.9 Å². The first-order valence-corrected chi connectivity index (χ1v) is 11.9. The predicted octanol–water partition coefficient (Wildman–Crippen LogP) is 2.98. The zero-order chi connectivity index (χ0) is 24.2. The number of piperazine rings is 1. The van der Waals surface area contributed by atoms with Gasteiger partial charge in [-0.05, 0) is 62.3 Å². The highest BCUT2D eigenvalue weighted by Crippen LogP contribution is 2.40. The summed E-state index contributed by atoms with van der Waals surface area (Å²) in [6.07, 6.45) is 2.08. The number of fused-ring (bicyclic) bond motifs is 1. The molecule has 1 aromatic rings. The van der Waals surface area contributed by atoms with Gasteiger partial charge in [-0.2, -0.15) is 5.26 Å². The van der Waals surface area contributed by atoms with Gasteiger partial charge in [-0.1, -0.05) is 0 Å². The molecule has 5 atom stereocenters. The topological polar surface area (TPSA) is 98.1 Å². The second kappa shape index (κ2) is 10.6. The highest BCUT2D eigenvalue weighted by Gasteiger charge is 2.49. The van der Waals surface area contributed by atoms with Gasteiger partial charge in [-0.25, -0.2) is 19.0 Å². The van der Waals surface area contributed by atoms with E-state index in [1.807, 2.05) is 6.92 Å². The minimum absolute atomic E-state index is 0.155. The summed E-state index contributed by atoms with van der Waals surface area (Å²) < 4.78 is 23.9. The molecule has 2 aliphatic heterocycles. The van der Waals surface area contributed by atoms with E-state index in [0.717, 1.165) is 32.4 Å². The maximum Gasteiger partial charge on any atom is 0.415 e. The molecule has 2 amide bonds. The number of hydrogen-bond acceptors (Lipinski definition) is 7. The number of hydrogen-bond donors (Lipinski definition) is 1. The summed E-state index contributed by atoms with van der Waals surface area (Å²) in [5.74, 6) is 0.658. The van der Waals surface area contributed by atoms with Crippen LogP contribution in [0.3, 0.4) is 0 Å². The van der Waals surface area contributed by atoms with E-state index in [9.17, 15) is 14.0 Å². The molecule has 3 aliphatic rings. The summed E-state index contributed by atoms with van der Waals surface area (Å²) >= 11 is 0. The van der Waals surface area contributed by atoms with Crippen LogP contribution < -0.4 is 10.2 Å². The van der Waals surface area contributed by atoms with Crippen molar-refractivity contribution in [2.45, 2.75) is 50.7 Å². The van der Waals surface area contributed by atoms with Crippen LogP contribution in [0.1, 0.15) is 32.6 Å². The van der Waals surface area contributed by atoms with E-state index in [0.29, 0.717) is 31.3 Å². The molecule has 0 bridgehead atoms. The van der Waals surface area contributed by atoms with Crippen LogP contribution in [0.2, 0.25) is 0 Å². The Morgan fingerprint density at radius 3 is 2.62 bits per heavy atom. The SMILES string of the molecule is COC(=O)N1C2CCC(C3CNN(CCC#N)C3)CC2N(C(=O)Oc2ccc(F)cc2)C[C@@H]1C. The van der Waals surface area contributed by atoms with Gasteiger partial charge >= 0.3 is 12.2 Å². The molecule has 1 N–H and O–H groups in total. The molecule has 0 radical (unpaired) electrons. The van der Waals surface area contributed by atoms with Gasteiger partial charge in [0.15, 0.2) is 0 Å². The van der Waals surface area contributed by atoms with Crippen LogP contribution in [-0.4, -0.2) is 78.4 Å². The van der Waals surface area contributed by atoms with Crippen molar-refractivity contribution in [1.82, 2.24) is 20.2 Å². The zero-order valence-corrected chi connectivity index (χ0v) is 19.7. The van der Waals surface area contributed by atoms with E-state index in [-0.39, 0.29) is 30.0 Å². The molecule has 0 spiro atoms. The van der Waals surface area contributed by atoms with Crippen molar-refractivity contribution < 1.29 is 23.5 Å². The molecule has 2 heterocycles. The number of nitrogens with zero attached hydrogens (tertiary/aromatic N) is 4. The summed E-state index contributed by atoms with van der Waals surface area (Å²) in [5, 5.41) is 11.0. The normalized spacial score (nSPS) is 29.3. The Hall–Kier alpha value is -2.90. The van der Waals surface area contributed by atoms with Gasteiger partial charge in [0.05, 0.1) is 31.3 Å². The number of hydrazine groups is 1. The number of ether oxygens (including phenoxy) is 2. The van der Waals surface area contributed by atoms with Crippen LogP contribution >= 0.6 is 0 Å². The third kappa shape index (κ3) is 5.10. The number of amides is 2. The standard InChI is InChI=1S/C24H32FN5O4/c1-16-14-29(23(31)34-20-7-5-19(25)6-8-20)22-12-17(4-9-21(22)30(16)24(32)33-2)18-13-27-28(15-18)11-3-10-26/h5-8,16-18,21-22,27H,3-4,9,11-15H2,1-2H3/t16-,17?,18?,21?,22?/m0/s1. The first-order valence-electron chi connectivity index (χ1n) is 11.9. The van der Waals surface area contributed by atoms with Crippen molar-refractivity contribution in [2.24, 2.45) is 11.8 Å². The number of nitriles is 1. The molecular weight excluding hydrogens is 441 g/mol. The van der Waals surface area contributed by atoms with Crippen molar-refractivity contribution in [3.63, 3.8) is 0 Å². The lowest BCUT2D eigenvalue weighted by Gasteiger charge is -2.53. The van der Waals surface area contributed by atoms with E-state index in [1.165, 1.54) is 31.4 Å². The monoisotopic (exact) mass is 473 g/mol. The van der Waals surface area contributed by atoms with Gasteiger partial charge in [0.25, 0.3) is 0 Å². The summed E-state index contributed by atoms with van der Waals surface area (Å²) in [4.78, 5) is 29.3. The molecule has 10 heteroatoms. The molecule has 2 saturated heterocycles. The van der Waals surface area contributed by atoms with Crippen LogP contribution in [0.25, 0.3) is 0 Å². The molecule has 3 fully saturated rings. The minimum atomic E-state index is -0.487. The molecule has 9 nitrogen and oxygen atoms in total. The number of carbonyl (C=O) groups excluding carboxylic acids is 2. The van der Waals surface area contributed by atoms with Gasteiger partial charge < -0.3 is 14.4 Å². The van der Waals surface area contributed by atoms with Crippen molar-refractivity contribution in [1.29, 1.82) is 5.26 Å². The van der Waals surface area contributed by atoms with E-state index in [2.05, 4.69) is 16.5 Å². The maximum atomic E-state index is 13.3. The smallest absolute Gasteiger partial charge is 0.415 e. The largest absolute Gasteiger partial charge is 0.453 e. The molecule has 1 saturated carbocycles. The number of carbonyl (C=O) groups is 2. The molecule has 0 aromatic heterocycles. The van der Waals surface area contributed by atoms with E-state index in [4.69, 9.17) is 14.7 Å². The highest BCUT2D eigenvalue weighted by atomic mass is 19.1. The number of halogens is 1. The molecule has 1 aromatic carbocycles. The molecule has 4 unspecified atom stereocenters. The third-order valence-electron chi connectivity index (χ3n) is 7.35. The average molecular weight is 474 g/mol. The Balaban J connectivity index is 1.51. The number of rotatable bonds is 4. The second-order valence-corrected chi connectivity index (χ2v) is 9.38. The average Bonchev–Trinajstić information content (AvgIpc) is 3.32. The Morgan fingerprint density at radius 1 is 1.15 bits per heavy atom. The van der Waals surface area contributed by atoms with Crippen LogP contribution in [0.5, 0.6) is 5.75 Å². The maximum absolute atomic E-state index is 13.3. The minimum Gasteiger partial charge on any atom is -0.453 e. The van der Waals surface area contributed by atoms with Gasteiger partial charge in [0.1, 0.15) is 11.6 Å². The fraction of sp³-hybridized carbons (Fsp3) is 0.625. The van der Waals surface area contributed by atoms with Crippen LogP contribution in [0.15, 0.2) is 24.3 Å². The van der Waals surface area contributed by atoms with Crippen molar-refractivity contribution in [3.05, 3.63) is 30.1 Å². The number of methoxy groups -OCH3 is 1. The molecule has 4 rings (SSSR count). The molecule has 34 heavy (non-hydrogen) atoms. The van der Waals surface area contributed by atoms with Gasteiger partial charge in [0.2, 0.25) is 0 Å². The lowest BCUT2D eigenvalue weighted by atomic mass is 9.73. The van der Waals surface area contributed by atoms with Crippen LogP contribution in [0, 0.1) is 29.0 Å². The van der Waals surface area contributed by atoms with Crippen LogP contribution in [-0.2, 0) is 4.74 Å².